The number of hydrogen-bond acceptors (Lipinski definition) is 2. The third-order valence-corrected chi connectivity index (χ3v) is 3.11. The van der Waals surface area contributed by atoms with Crippen LogP contribution >= 0.6 is 12.2 Å². The molecule has 0 aliphatic carbocycles. The molecule has 0 amide bonds. The molecule has 2 aromatic rings. The Balaban J connectivity index is 2.20. The zero-order chi connectivity index (χ0) is 14.7. The lowest BCUT2D eigenvalue weighted by molar-refractivity contribution is 0.284. The molecular weight excluding hydrogens is 280 g/mol. The van der Waals surface area contributed by atoms with E-state index in [-0.39, 0.29) is 22.9 Å². The van der Waals surface area contributed by atoms with E-state index in [1.165, 1.54) is 24.3 Å². The molecule has 0 bridgehead atoms. The van der Waals surface area contributed by atoms with Gasteiger partial charge in [0.1, 0.15) is 17.4 Å². The maximum absolute atomic E-state index is 13.8. The Morgan fingerprint density at radius 3 is 2.70 bits per heavy atom. The topological polar surface area (TPSA) is 35.2 Å². The summed E-state index contributed by atoms with van der Waals surface area (Å²) < 4.78 is 32.7. The maximum atomic E-state index is 13.8. The van der Waals surface area contributed by atoms with E-state index in [2.05, 4.69) is 0 Å². The van der Waals surface area contributed by atoms with Crippen molar-refractivity contribution < 1.29 is 13.5 Å². The van der Waals surface area contributed by atoms with E-state index in [9.17, 15) is 8.78 Å². The van der Waals surface area contributed by atoms with Gasteiger partial charge in [-0.05, 0) is 36.8 Å². The predicted octanol–water partition coefficient (Wildman–Crippen LogP) is 3.49. The molecule has 0 fully saturated rings. The average molecular weight is 293 g/mol. The summed E-state index contributed by atoms with van der Waals surface area (Å²) in [4.78, 5) is 0.174. The van der Waals surface area contributed by atoms with Crippen molar-refractivity contribution in [2.24, 2.45) is 5.73 Å². The minimum absolute atomic E-state index is 0.0881. The Kier molecular flexibility index (Phi) is 4.29. The second kappa shape index (κ2) is 5.96. The van der Waals surface area contributed by atoms with Crippen molar-refractivity contribution in [2.45, 2.75) is 13.5 Å². The molecule has 2 aromatic carbocycles. The fraction of sp³-hybridized carbons (Fsp3) is 0.133. The summed E-state index contributed by atoms with van der Waals surface area (Å²) in [5, 5.41) is 0. The van der Waals surface area contributed by atoms with Gasteiger partial charge in [0.2, 0.25) is 0 Å². The van der Waals surface area contributed by atoms with Gasteiger partial charge in [-0.15, -0.1) is 0 Å². The van der Waals surface area contributed by atoms with Crippen molar-refractivity contribution in [2.75, 3.05) is 0 Å². The molecule has 0 atom stereocenters. The Labute approximate surface area is 121 Å². The second-order valence-corrected chi connectivity index (χ2v) is 4.79. The number of aryl methyl sites for hydroxylation is 1. The highest BCUT2D eigenvalue weighted by atomic mass is 32.1. The number of benzene rings is 2. The quantitative estimate of drug-likeness (QED) is 0.877. The number of ether oxygens (including phenoxy) is 1. The third-order valence-electron chi connectivity index (χ3n) is 2.87. The van der Waals surface area contributed by atoms with Gasteiger partial charge in [0.25, 0.3) is 0 Å². The largest absolute Gasteiger partial charge is 0.486 e. The van der Waals surface area contributed by atoms with Crippen LogP contribution in [0.5, 0.6) is 5.75 Å². The highest BCUT2D eigenvalue weighted by Crippen LogP contribution is 2.21. The number of hydrogen-bond donors (Lipinski definition) is 1. The lowest BCUT2D eigenvalue weighted by atomic mass is 10.1. The summed E-state index contributed by atoms with van der Waals surface area (Å²) in [6, 6.07) is 9.07. The summed E-state index contributed by atoms with van der Waals surface area (Å²) >= 11 is 4.83. The lowest BCUT2D eigenvalue weighted by Gasteiger charge is -2.10. The van der Waals surface area contributed by atoms with Crippen molar-refractivity contribution >= 4 is 17.2 Å². The molecule has 0 unspecified atom stereocenters. The van der Waals surface area contributed by atoms with Gasteiger partial charge in [0.15, 0.2) is 11.6 Å². The van der Waals surface area contributed by atoms with Crippen LogP contribution in [0.3, 0.4) is 0 Å². The Bertz CT molecular complexity index is 658. The third kappa shape index (κ3) is 3.11. The summed E-state index contributed by atoms with van der Waals surface area (Å²) in [6.07, 6.45) is 0. The van der Waals surface area contributed by atoms with Crippen LogP contribution in [0.25, 0.3) is 0 Å². The van der Waals surface area contributed by atoms with Crippen molar-refractivity contribution in [3.05, 3.63) is 64.7 Å². The smallest absolute Gasteiger partial charge is 0.167 e. The molecule has 5 heteroatoms. The van der Waals surface area contributed by atoms with Gasteiger partial charge < -0.3 is 10.5 Å². The molecule has 0 aromatic heterocycles. The van der Waals surface area contributed by atoms with Gasteiger partial charge in [-0.1, -0.05) is 24.4 Å². The fourth-order valence-electron chi connectivity index (χ4n) is 1.73. The Hall–Kier alpha value is -2.01. The van der Waals surface area contributed by atoms with Gasteiger partial charge in [-0.3, -0.25) is 0 Å². The zero-order valence-corrected chi connectivity index (χ0v) is 11.6. The molecule has 0 aliphatic rings. The highest BCUT2D eigenvalue weighted by Gasteiger charge is 2.09. The van der Waals surface area contributed by atoms with Crippen molar-refractivity contribution in [3.8, 4) is 5.75 Å². The zero-order valence-electron chi connectivity index (χ0n) is 10.8. The molecule has 0 saturated carbocycles. The molecular formula is C15H13F2NOS. The van der Waals surface area contributed by atoms with Crippen LogP contribution < -0.4 is 10.5 Å². The van der Waals surface area contributed by atoms with Crippen molar-refractivity contribution in [3.63, 3.8) is 0 Å². The van der Waals surface area contributed by atoms with Gasteiger partial charge in [0.05, 0.1) is 0 Å². The van der Waals surface area contributed by atoms with Crippen molar-refractivity contribution in [1.82, 2.24) is 0 Å². The van der Waals surface area contributed by atoms with E-state index in [1.807, 2.05) is 0 Å². The predicted molar refractivity (Wildman–Crippen MR) is 77.8 cm³/mol. The van der Waals surface area contributed by atoms with E-state index in [1.54, 1.807) is 19.1 Å². The second-order valence-electron chi connectivity index (χ2n) is 4.35. The van der Waals surface area contributed by atoms with Gasteiger partial charge in [-0.25, -0.2) is 8.78 Å². The first-order chi connectivity index (χ1) is 9.49. The van der Waals surface area contributed by atoms with E-state index in [0.29, 0.717) is 11.1 Å². The molecule has 0 saturated heterocycles. The normalized spacial score (nSPS) is 10.3. The molecule has 0 heterocycles. The minimum atomic E-state index is -0.446. The van der Waals surface area contributed by atoms with Crippen LogP contribution in [0.4, 0.5) is 8.78 Å². The first-order valence-electron chi connectivity index (χ1n) is 5.95. The number of thiocarbonyl (C=S) groups is 1. The fourth-order valence-corrected chi connectivity index (χ4v) is 1.85. The van der Waals surface area contributed by atoms with Gasteiger partial charge in [-0.2, -0.15) is 0 Å². The van der Waals surface area contributed by atoms with Gasteiger partial charge in [0, 0.05) is 11.1 Å². The molecule has 0 aliphatic heterocycles. The van der Waals surface area contributed by atoms with Crippen LogP contribution in [0.1, 0.15) is 16.7 Å². The van der Waals surface area contributed by atoms with Crippen LogP contribution in [0.2, 0.25) is 0 Å². The lowest BCUT2D eigenvalue weighted by Crippen LogP contribution is -2.11. The Morgan fingerprint density at radius 2 is 2.00 bits per heavy atom. The van der Waals surface area contributed by atoms with E-state index >= 15 is 0 Å². The molecule has 0 spiro atoms. The first kappa shape index (κ1) is 14.4. The summed E-state index contributed by atoms with van der Waals surface area (Å²) in [5.41, 5.74) is 6.78. The molecule has 2 N–H and O–H groups in total. The number of nitrogens with two attached hydrogens (primary N) is 1. The standard InChI is InChI=1S/C15H13F2NOS/c1-9-3-2-4-13(14(9)17)19-8-11-7-10(15(18)20)5-6-12(11)16/h2-7H,8H2,1H3,(H2,18,20). The minimum Gasteiger partial charge on any atom is -0.486 e. The Morgan fingerprint density at radius 1 is 1.25 bits per heavy atom. The van der Waals surface area contributed by atoms with Gasteiger partial charge >= 0.3 is 0 Å². The van der Waals surface area contributed by atoms with E-state index < -0.39 is 11.6 Å². The molecule has 2 nitrogen and oxygen atoms in total. The average Bonchev–Trinajstić information content (AvgIpc) is 2.41. The highest BCUT2D eigenvalue weighted by molar-refractivity contribution is 7.80. The monoisotopic (exact) mass is 293 g/mol. The van der Waals surface area contributed by atoms with Crippen LogP contribution in [-0.4, -0.2) is 4.99 Å². The molecule has 0 radical (unpaired) electrons. The maximum Gasteiger partial charge on any atom is 0.167 e. The SMILES string of the molecule is Cc1cccc(OCc2cc(C(N)=S)ccc2F)c1F. The summed E-state index contributed by atoms with van der Waals surface area (Å²) in [7, 11) is 0. The number of halogens is 2. The molecule has 104 valence electrons. The van der Waals surface area contributed by atoms with E-state index in [4.69, 9.17) is 22.7 Å². The van der Waals surface area contributed by atoms with Crippen LogP contribution in [0, 0.1) is 18.6 Å². The van der Waals surface area contributed by atoms with E-state index in [0.717, 1.165) is 0 Å². The first-order valence-corrected chi connectivity index (χ1v) is 6.36. The summed E-state index contributed by atoms with van der Waals surface area (Å²) in [5.74, 6) is -0.804. The van der Waals surface area contributed by atoms with Crippen molar-refractivity contribution in [1.29, 1.82) is 0 Å². The van der Waals surface area contributed by atoms with Crippen LogP contribution in [0.15, 0.2) is 36.4 Å². The molecule has 20 heavy (non-hydrogen) atoms. The molecule has 2 rings (SSSR count). The number of rotatable bonds is 4. The van der Waals surface area contributed by atoms with Crippen LogP contribution in [-0.2, 0) is 6.61 Å². The summed E-state index contributed by atoms with van der Waals surface area (Å²) in [6.45, 7) is 1.54.